The molecule has 0 saturated heterocycles. The lowest BCUT2D eigenvalue weighted by Crippen LogP contribution is -2.13. The molecule has 0 radical (unpaired) electrons. The molecule has 1 unspecified atom stereocenters. The van der Waals surface area contributed by atoms with Crippen molar-refractivity contribution in [3.63, 3.8) is 0 Å². The van der Waals surface area contributed by atoms with Crippen molar-refractivity contribution in [3.8, 4) is 22.4 Å². The van der Waals surface area contributed by atoms with Crippen LogP contribution in [0.2, 0.25) is 5.15 Å². The van der Waals surface area contributed by atoms with Gasteiger partial charge in [-0.15, -0.1) is 0 Å². The van der Waals surface area contributed by atoms with Gasteiger partial charge < -0.3 is 4.55 Å². The monoisotopic (exact) mass is 490 g/mol. The number of nitrogens with zero attached hydrogens (tertiary/aromatic N) is 2. The lowest BCUT2D eigenvalue weighted by atomic mass is 10.00. The maximum Gasteiger partial charge on any atom is 0.451 e. The van der Waals surface area contributed by atoms with Gasteiger partial charge in [0.15, 0.2) is 0 Å². The van der Waals surface area contributed by atoms with Crippen LogP contribution in [0.15, 0.2) is 53.4 Å². The Balaban J connectivity index is 2.20. The lowest BCUT2D eigenvalue weighted by molar-refractivity contribution is -0.144. The van der Waals surface area contributed by atoms with E-state index < -0.39 is 38.3 Å². The molecule has 1 aromatic heterocycles. The molecule has 0 fully saturated rings. The second-order valence-corrected chi connectivity index (χ2v) is 9.09. The normalized spacial score (nSPS) is 13.2. The first-order chi connectivity index (χ1) is 14.4. The summed E-state index contributed by atoms with van der Waals surface area (Å²) in [4.78, 5) is 6.77. The summed E-state index contributed by atoms with van der Waals surface area (Å²) in [5, 5.41) is 4.57. The Labute approximate surface area is 182 Å². The van der Waals surface area contributed by atoms with E-state index in [1.165, 1.54) is 48.5 Å². The van der Waals surface area contributed by atoms with Crippen LogP contribution in [0.5, 0.6) is 0 Å². The summed E-state index contributed by atoms with van der Waals surface area (Å²) in [6.07, 6.45) is -4.87. The third-order valence-electron chi connectivity index (χ3n) is 4.10. The number of alkyl halides is 3. The largest absolute Gasteiger partial charge is 0.772 e. The Morgan fingerprint density at radius 2 is 1.55 bits per heavy atom. The van der Waals surface area contributed by atoms with E-state index in [1.807, 2.05) is 0 Å². The molecule has 0 aliphatic carbocycles. The van der Waals surface area contributed by atoms with E-state index >= 15 is 0 Å². The Morgan fingerprint density at radius 3 is 2.03 bits per heavy atom. The van der Waals surface area contributed by atoms with Crippen LogP contribution in [0.3, 0.4) is 0 Å². The predicted octanol–water partition coefficient (Wildman–Crippen LogP) is 3.51. The van der Waals surface area contributed by atoms with Crippen LogP contribution in [0.1, 0.15) is 11.4 Å². The lowest BCUT2D eigenvalue weighted by Gasteiger charge is -2.15. The number of sulfonamides is 1. The maximum absolute atomic E-state index is 13.3. The van der Waals surface area contributed by atoms with Crippen LogP contribution >= 0.6 is 11.6 Å². The van der Waals surface area contributed by atoms with Gasteiger partial charge in [0.1, 0.15) is 5.15 Å². The molecule has 1 heterocycles. The average Bonchev–Trinajstić information content (AvgIpc) is 2.66. The van der Waals surface area contributed by atoms with E-state index in [9.17, 15) is 30.4 Å². The van der Waals surface area contributed by atoms with Crippen molar-refractivity contribution in [2.45, 2.75) is 16.8 Å². The molecule has 0 aliphatic rings. The second-order valence-electron chi connectivity index (χ2n) is 6.27. The molecular weight excluding hydrogens is 479 g/mol. The molecule has 164 valence electrons. The summed E-state index contributed by atoms with van der Waals surface area (Å²) in [5.41, 5.74) is 0.778. The Kier molecular flexibility index (Phi) is 6.48. The molecule has 1 atom stereocenters. The highest BCUT2D eigenvalue weighted by molar-refractivity contribution is 7.89. The molecule has 2 aromatic carbocycles. The highest BCUT2D eigenvalue weighted by atomic mass is 35.5. The van der Waals surface area contributed by atoms with Crippen molar-refractivity contribution in [2.75, 3.05) is 0 Å². The zero-order chi connectivity index (χ0) is 23.0. The molecule has 0 aliphatic heterocycles. The first-order valence-corrected chi connectivity index (χ1v) is 11.5. The minimum Gasteiger partial charge on any atom is -0.772 e. The minimum atomic E-state index is -4.87. The average molecular weight is 491 g/mol. The fourth-order valence-corrected chi connectivity index (χ4v) is 3.99. The van der Waals surface area contributed by atoms with E-state index in [4.69, 9.17) is 16.7 Å². The van der Waals surface area contributed by atoms with Crippen LogP contribution in [-0.2, 0) is 33.0 Å². The fraction of sp³-hybridized carbons (Fsp3) is 0.111. The van der Waals surface area contributed by atoms with Gasteiger partial charge >= 0.3 is 6.18 Å². The van der Waals surface area contributed by atoms with Gasteiger partial charge in [0, 0.05) is 16.9 Å². The number of halogens is 4. The molecule has 3 rings (SSSR count). The van der Waals surface area contributed by atoms with E-state index in [0.717, 1.165) is 0 Å². The molecule has 0 bridgehead atoms. The summed E-state index contributed by atoms with van der Waals surface area (Å²) < 4.78 is 84.4. The maximum atomic E-state index is 13.3. The van der Waals surface area contributed by atoms with E-state index in [2.05, 4.69) is 9.97 Å². The van der Waals surface area contributed by atoms with Crippen molar-refractivity contribution in [3.05, 3.63) is 65.1 Å². The number of primary sulfonamides is 1. The number of nitrogens with two attached hydrogens (primary N) is 1. The molecular formula is C18H12ClF3N3O4S2-. The summed E-state index contributed by atoms with van der Waals surface area (Å²) in [6.45, 7) is 0. The molecule has 7 nitrogen and oxygen atoms in total. The van der Waals surface area contributed by atoms with Gasteiger partial charge in [-0.1, -0.05) is 59.1 Å². The SMILES string of the molecule is NS(=O)(=O)c1ccc(-c2c(Cl)nc(C(F)(F)F)nc2-c2ccc(CS(=O)[O-])cc2)cc1. The molecule has 13 heteroatoms. The molecule has 31 heavy (non-hydrogen) atoms. The zero-order valence-electron chi connectivity index (χ0n) is 15.3. The van der Waals surface area contributed by atoms with Gasteiger partial charge in [0.25, 0.3) is 0 Å². The number of hydrogen-bond donors (Lipinski definition) is 1. The topological polar surface area (TPSA) is 126 Å². The fourth-order valence-electron chi connectivity index (χ4n) is 2.73. The van der Waals surface area contributed by atoms with Crippen LogP contribution in [-0.4, -0.2) is 27.1 Å². The number of benzene rings is 2. The first-order valence-electron chi connectivity index (χ1n) is 8.29. The summed E-state index contributed by atoms with van der Waals surface area (Å²) >= 11 is 3.74. The number of hydrogen-bond acceptors (Lipinski definition) is 6. The van der Waals surface area contributed by atoms with Gasteiger partial charge in [-0.05, 0) is 23.3 Å². The number of rotatable bonds is 5. The van der Waals surface area contributed by atoms with Crippen molar-refractivity contribution in [1.29, 1.82) is 0 Å². The zero-order valence-corrected chi connectivity index (χ0v) is 17.6. The third-order valence-corrected chi connectivity index (χ3v) is 5.87. The first kappa shape index (κ1) is 23.3. The van der Waals surface area contributed by atoms with E-state index in [1.54, 1.807) is 0 Å². The Morgan fingerprint density at radius 1 is 1.00 bits per heavy atom. The van der Waals surface area contributed by atoms with Gasteiger partial charge in [0.05, 0.1) is 10.6 Å². The molecule has 2 N–H and O–H groups in total. The predicted molar refractivity (Wildman–Crippen MR) is 107 cm³/mol. The Hall–Kier alpha value is -2.38. The van der Waals surface area contributed by atoms with Crippen molar-refractivity contribution < 1.29 is 30.4 Å². The smallest absolute Gasteiger partial charge is 0.451 e. The highest BCUT2D eigenvalue weighted by Gasteiger charge is 2.36. The third kappa shape index (κ3) is 5.46. The summed E-state index contributed by atoms with van der Waals surface area (Å²) in [6, 6.07) is 10.7. The van der Waals surface area contributed by atoms with Crippen LogP contribution in [0.25, 0.3) is 22.4 Å². The van der Waals surface area contributed by atoms with Crippen LogP contribution < -0.4 is 5.14 Å². The van der Waals surface area contributed by atoms with Gasteiger partial charge in [-0.3, -0.25) is 4.21 Å². The molecule has 0 saturated carbocycles. The van der Waals surface area contributed by atoms with Crippen molar-refractivity contribution in [1.82, 2.24) is 9.97 Å². The van der Waals surface area contributed by atoms with E-state index in [0.29, 0.717) is 5.56 Å². The van der Waals surface area contributed by atoms with Gasteiger partial charge in [-0.2, -0.15) is 13.2 Å². The molecule has 3 aromatic rings. The van der Waals surface area contributed by atoms with Gasteiger partial charge in [0.2, 0.25) is 15.8 Å². The van der Waals surface area contributed by atoms with Crippen molar-refractivity contribution >= 4 is 32.7 Å². The quantitative estimate of drug-likeness (QED) is 0.431. The Bertz CT molecular complexity index is 1250. The molecule has 0 amide bonds. The molecule has 0 spiro atoms. The van der Waals surface area contributed by atoms with E-state index in [-0.39, 0.29) is 33.0 Å². The van der Waals surface area contributed by atoms with Crippen LogP contribution in [0, 0.1) is 0 Å². The summed E-state index contributed by atoms with van der Waals surface area (Å²) in [5.74, 6) is -1.72. The second kappa shape index (κ2) is 8.63. The minimum absolute atomic E-state index is 0.0378. The van der Waals surface area contributed by atoms with Crippen LogP contribution in [0.4, 0.5) is 13.2 Å². The standard InChI is InChI=1S/C18H13ClF3N3O4S2/c19-16-14(11-5-7-13(8-6-11)31(23,28)29)15(24-17(25-16)18(20,21)22)12-3-1-10(2-4-12)9-30(26)27/h1-8H,9H2,(H,26,27)(H2,23,28,29)/p-1. The van der Waals surface area contributed by atoms with Crippen molar-refractivity contribution in [2.24, 2.45) is 5.14 Å². The highest BCUT2D eigenvalue weighted by Crippen LogP contribution is 2.38. The number of aromatic nitrogens is 2. The summed E-state index contributed by atoms with van der Waals surface area (Å²) in [7, 11) is -3.98. The van der Waals surface area contributed by atoms with Gasteiger partial charge in [-0.25, -0.2) is 23.5 Å².